The van der Waals surface area contributed by atoms with Crippen LogP contribution in [0.15, 0.2) is 46.1 Å². The first kappa shape index (κ1) is 18.6. The fourth-order valence-electron chi connectivity index (χ4n) is 3.54. The highest BCUT2D eigenvalue weighted by Crippen LogP contribution is 2.27. The molecule has 10 heteroatoms. The summed E-state index contributed by atoms with van der Waals surface area (Å²) in [5, 5.41) is 34.6. The Hall–Kier alpha value is -2.79. The van der Waals surface area contributed by atoms with Gasteiger partial charge in [-0.05, 0) is 6.07 Å². The van der Waals surface area contributed by atoms with Gasteiger partial charge in [0, 0.05) is 24.7 Å². The van der Waals surface area contributed by atoms with Gasteiger partial charge < -0.3 is 20.1 Å². The second-order valence-electron chi connectivity index (χ2n) is 6.75. The van der Waals surface area contributed by atoms with Crippen molar-refractivity contribution >= 4 is 10.9 Å². The summed E-state index contributed by atoms with van der Waals surface area (Å²) < 4.78 is 9.10. The zero-order chi connectivity index (χ0) is 20.0. The van der Waals surface area contributed by atoms with Crippen LogP contribution in [0.3, 0.4) is 0 Å². The molecular formula is C18H20N4O6. The monoisotopic (exact) mass is 388 g/mol. The number of aromatic nitrogens is 4. The molecule has 1 fully saturated rings. The standard InChI is InChI=1S/C18H20N4O6/c1-20-12-5-3-2-4-10(12)11(19-20)8-22-14(24)6-7-21(18(22)27)17-16(26)15(25)13(9-23)28-17/h2-7,13,15-17,23,25-26H,8-9H2,1H3/t13?,15?,16-,17?/m0/s1. The number of ether oxygens (including phenoxy) is 1. The Morgan fingerprint density at radius 2 is 1.89 bits per heavy atom. The molecule has 4 rings (SSSR count). The molecule has 28 heavy (non-hydrogen) atoms. The van der Waals surface area contributed by atoms with Crippen LogP contribution in [0.4, 0.5) is 0 Å². The number of hydrogen-bond donors (Lipinski definition) is 3. The highest BCUT2D eigenvalue weighted by Gasteiger charge is 2.43. The van der Waals surface area contributed by atoms with Crippen LogP contribution in [0.5, 0.6) is 0 Å². The zero-order valence-electron chi connectivity index (χ0n) is 15.0. The minimum Gasteiger partial charge on any atom is -0.394 e. The van der Waals surface area contributed by atoms with E-state index in [0.717, 1.165) is 20.0 Å². The maximum atomic E-state index is 12.9. The van der Waals surface area contributed by atoms with Gasteiger partial charge in [0.05, 0.1) is 24.4 Å². The molecule has 3 unspecified atom stereocenters. The van der Waals surface area contributed by atoms with E-state index in [-0.39, 0.29) is 6.54 Å². The van der Waals surface area contributed by atoms with Gasteiger partial charge in [-0.2, -0.15) is 5.10 Å². The Balaban J connectivity index is 1.76. The quantitative estimate of drug-likeness (QED) is 0.499. The lowest BCUT2D eigenvalue weighted by molar-refractivity contribution is -0.0555. The number of rotatable bonds is 4. The number of para-hydroxylation sites is 1. The molecule has 3 aromatic rings. The number of fused-ring (bicyclic) bond motifs is 1. The van der Waals surface area contributed by atoms with E-state index in [9.17, 15) is 24.9 Å². The van der Waals surface area contributed by atoms with Crippen molar-refractivity contribution in [1.82, 2.24) is 18.9 Å². The molecule has 2 aromatic heterocycles. The third-order valence-electron chi connectivity index (χ3n) is 5.03. The van der Waals surface area contributed by atoms with Crippen molar-refractivity contribution in [2.75, 3.05) is 6.61 Å². The van der Waals surface area contributed by atoms with Crippen molar-refractivity contribution in [1.29, 1.82) is 0 Å². The zero-order valence-corrected chi connectivity index (χ0v) is 15.0. The van der Waals surface area contributed by atoms with Gasteiger partial charge in [0.2, 0.25) is 0 Å². The van der Waals surface area contributed by atoms with Gasteiger partial charge in [-0.1, -0.05) is 18.2 Å². The maximum Gasteiger partial charge on any atom is 0.333 e. The second-order valence-corrected chi connectivity index (χ2v) is 6.75. The highest BCUT2D eigenvalue weighted by molar-refractivity contribution is 5.81. The molecule has 10 nitrogen and oxygen atoms in total. The summed E-state index contributed by atoms with van der Waals surface area (Å²) in [7, 11) is 1.77. The average Bonchev–Trinajstić information content (AvgIpc) is 3.16. The summed E-state index contributed by atoms with van der Waals surface area (Å²) in [6.07, 6.45) is -3.80. The summed E-state index contributed by atoms with van der Waals surface area (Å²) in [5.74, 6) is 0. The summed E-state index contributed by atoms with van der Waals surface area (Å²) in [6, 6.07) is 8.64. The van der Waals surface area contributed by atoms with E-state index in [2.05, 4.69) is 5.10 Å². The molecule has 1 saturated heterocycles. The molecule has 1 aromatic carbocycles. The number of nitrogens with zero attached hydrogens (tertiary/aromatic N) is 4. The summed E-state index contributed by atoms with van der Waals surface area (Å²) >= 11 is 0. The van der Waals surface area contributed by atoms with E-state index in [1.807, 2.05) is 24.3 Å². The summed E-state index contributed by atoms with van der Waals surface area (Å²) in [5.41, 5.74) is 0.182. The Morgan fingerprint density at radius 1 is 1.14 bits per heavy atom. The normalized spacial score (nSPS) is 24.9. The lowest BCUT2D eigenvalue weighted by Gasteiger charge is -2.18. The van der Waals surface area contributed by atoms with Gasteiger partial charge in [-0.25, -0.2) is 4.79 Å². The molecule has 0 amide bonds. The third-order valence-corrected chi connectivity index (χ3v) is 5.03. The van der Waals surface area contributed by atoms with Crippen LogP contribution in [0.25, 0.3) is 10.9 Å². The van der Waals surface area contributed by atoms with Crippen molar-refractivity contribution < 1.29 is 20.1 Å². The lowest BCUT2D eigenvalue weighted by atomic mass is 10.1. The number of hydrogen-bond acceptors (Lipinski definition) is 7. The minimum absolute atomic E-state index is 0.0609. The first-order chi connectivity index (χ1) is 13.4. The van der Waals surface area contributed by atoms with Crippen LogP contribution in [-0.2, 0) is 18.3 Å². The largest absolute Gasteiger partial charge is 0.394 e. The van der Waals surface area contributed by atoms with Gasteiger partial charge in [-0.3, -0.25) is 18.6 Å². The number of aliphatic hydroxyl groups is 3. The molecule has 1 aliphatic rings. The first-order valence-electron chi connectivity index (χ1n) is 8.77. The maximum absolute atomic E-state index is 12.9. The van der Waals surface area contributed by atoms with Crippen LogP contribution in [-0.4, -0.2) is 59.2 Å². The number of aliphatic hydroxyl groups excluding tert-OH is 3. The van der Waals surface area contributed by atoms with Crippen molar-refractivity contribution in [3.63, 3.8) is 0 Å². The molecule has 148 valence electrons. The predicted molar refractivity (Wildman–Crippen MR) is 97.8 cm³/mol. The van der Waals surface area contributed by atoms with E-state index in [4.69, 9.17) is 4.74 Å². The smallest absolute Gasteiger partial charge is 0.333 e. The molecule has 0 radical (unpaired) electrons. The van der Waals surface area contributed by atoms with Gasteiger partial charge in [0.15, 0.2) is 6.23 Å². The molecule has 3 N–H and O–H groups in total. The van der Waals surface area contributed by atoms with Crippen molar-refractivity contribution in [3.05, 3.63) is 63.1 Å². The lowest BCUT2D eigenvalue weighted by Crippen LogP contribution is -2.43. The average molecular weight is 388 g/mol. The first-order valence-corrected chi connectivity index (χ1v) is 8.77. The van der Waals surface area contributed by atoms with Crippen LogP contribution in [0, 0.1) is 0 Å². The van der Waals surface area contributed by atoms with Gasteiger partial charge in [-0.15, -0.1) is 0 Å². The Morgan fingerprint density at radius 3 is 2.61 bits per heavy atom. The molecule has 0 saturated carbocycles. The summed E-state index contributed by atoms with van der Waals surface area (Å²) in [4.78, 5) is 25.3. The Kier molecular flexibility index (Phi) is 4.63. The predicted octanol–water partition coefficient (Wildman–Crippen LogP) is -1.44. The summed E-state index contributed by atoms with van der Waals surface area (Å²) in [6.45, 7) is -0.572. The van der Waals surface area contributed by atoms with Crippen molar-refractivity contribution in [3.8, 4) is 0 Å². The van der Waals surface area contributed by atoms with Crippen LogP contribution in [0.2, 0.25) is 0 Å². The van der Waals surface area contributed by atoms with E-state index in [1.165, 1.54) is 12.3 Å². The van der Waals surface area contributed by atoms with Gasteiger partial charge in [0.25, 0.3) is 5.56 Å². The SMILES string of the molecule is Cn1nc(Cn2c(=O)ccn(C3OC(CO)C(O)[C@@H]3O)c2=O)c2ccccc21. The van der Waals surface area contributed by atoms with Crippen LogP contribution < -0.4 is 11.2 Å². The molecule has 3 heterocycles. The molecule has 1 aliphatic heterocycles. The molecule has 0 spiro atoms. The minimum atomic E-state index is -1.42. The Bertz CT molecular complexity index is 1130. The molecule has 0 aliphatic carbocycles. The van der Waals surface area contributed by atoms with E-state index in [1.54, 1.807) is 11.7 Å². The molecular weight excluding hydrogens is 368 g/mol. The number of benzene rings is 1. The van der Waals surface area contributed by atoms with E-state index >= 15 is 0 Å². The number of aryl methyl sites for hydroxylation is 1. The third kappa shape index (κ3) is 2.87. The molecule has 4 atom stereocenters. The second kappa shape index (κ2) is 6.99. The van der Waals surface area contributed by atoms with Crippen LogP contribution >= 0.6 is 0 Å². The van der Waals surface area contributed by atoms with E-state index < -0.39 is 42.4 Å². The van der Waals surface area contributed by atoms with Crippen LogP contribution in [0.1, 0.15) is 11.9 Å². The fraction of sp³-hybridized carbons (Fsp3) is 0.389. The van der Waals surface area contributed by atoms with Crippen molar-refractivity contribution in [2.24, 2.45) is 7.05 Å². The van der Waals surface area contributed by atoms with Gasteiger partial charge >= 0.3 is 5.69 Å². The Labute approximate surface area is 158 Å². The molecule has 0 bridgehead atoms. The van der Waals surface area contributed by atoms with E-state index in [0.29, 0.717) is 5.69 Å². The van der Waals surface area contributed by atoms with Crippen molar-refractivity contribution in [2.45, 2.75) is 31.1 Å². The van der Waals surface area contributed by atoms with Gasteiger partial charge in [0.1, 0.15) is 18.3 Å². The topological polar surface area (TPSA) is 132 Å². The highest BCUT2D eigenvalue weighted by atomic mass is 16.6. The fourth-order valence-corrected chi connectivity index (χ4v) is 3.54.